The maximum atomic E-state index is 11.3. The van der Waals surface area contributed by atoms with Gasteiger partial charge in [0.2, 0.25) is 0 Å². The van der Waals surface area contributed by atoms with Gasteiger partial charge in [-0.25, -0.2) is 0 Å². The Morgan fingerprint density at radius 3 is 2.42 bits per heavy atom. The van der Waals surface area contributed by atoms with Crippen molar-refractivity contribution in [1.82, 2.24) is 4.90 Å². The number of hydrogen-bond donors (Lipinski definition) is 1. The predicted molar refractivity (Wildman–Crippen MR) is 46.7 cm³/mol. The molecule has 1 fully saturated rings. The zero-order valence-corrected chi connectivity index (χ0v) is 7.79. The van der Waals surface area contributed by atoms with Gasteiger partial charge >= 0.3 is 0 Å². The molecule has 0 saturated heterocycles. The van der Waals surface area contributed by atoms with Crippen molar-refractivity contribution in [2.45, 2.75) is 44.8 Å². The van der Waals surface area contributed by atoms with E-state index in [1.54, 1.807) is 11.9 Å². The number of nitrogens with zero attached hydrogens (tertiary/aromatic N) is 1. The smallest absolute Gasteiger partial charge is 0.251 e. The average Bonchev–Trinajstić information content (AvgIpc) is 2.53. The second kappa shape index (κ2) is 3.90. The predicted octanol–water partition coefficient (Wildman–Crippen LogP) is 0.768. The van der Waals surface area contributed by atoms with Crippen LogP contribution in [0.3, 0.4) is 0 Å². The summed E-state index contributed by atoms with van der Waals surface area (Å²) in [7, 11) is 1.78. The fraction of sp³-hybridized carbons (Fsp3) is 0.889. The molecular formula is C9H17NO2. The Kier molecular flexibility index (Phi) is 3.09. The minimum atomic E-state index is -0.851. The van der Waals surface area contributed by atoms with E-state index in [1.807, 2.05) is 0 Å². The van der Waals surface area contributed by atoms with Crippen molar-refractivity contribution >= 4 is 5.91 Å². The summed E-state index contributed by atoms with van der Waals surface area (Å²) in [6.45, 7) is 1.52. The molecule has 3 nitrogen and oxygen atoms in total. The molecule has 1 saturated carbocycles. The number of carbonyl (C=O) groups excluding carboxylic acids is 1. The van der Waals surface area contributed by atoms with E-state index >= 15 is 0 Å². The maximum absolute atomic E-state index is 11.3. The second-order valence-corrected chi connectivity index (χ2v) is 3.56. The van der Waals surface area contributed by atoms with Crippen molar-refractivity contribution in [3.63, 3.8) is 0 Å². The fourth-order valence-corrected chi connectivity index (χ4v) is 1.77. The Morgan fingerprint density at radius 1 is 1.50 bits per heavy atom. The molecule has 1 atom stereocenters. The number of rotatable bonds is 2. The van der Waals surface area contributed by atoms with Crippen LogP contribution in [0.25, 0.3) is 0 Å². The van der Waals surface area contributed by atoms with Crippen LogP contribution in [0.1, 0.15) is 32.6 Å². The Morgan fingerprint density at radius 2 is 2.00 bits per heavy atom. The molecule has 1 aliphatic carbocycles. The molecule has 0 unspecified atom stereocenters. The zero-order valence-electron chi connectivity index (χ0n) is 7.79. The lowest BCUT2D eigenvalue weighted by atomic mass is 10.2. The van der Waals surface area contributed by atoms with Gasteiger partial charge in [0.15, 0.2) is 0 Å². The van der Waals surface area contributed by atoms with Gasteiger partial charge in [-0.1, -0.05) is 12.8 Å². The van der Waals surface area contributed by atoms with E-state index in [2.05, 4.69) is 0 Å². The summed E-state index contributed by atoms with van der Waals surface area (Å²) < 4.78 is 0. The van der Waals surface area contributed by atoms with Crippen LogP contribution in [0, 0.1) is 0 Å². The van der Waals surface area contributed by atoms with E-state index in [0.717, 1.165) is 12.8 Å². The molecule has 0 aromatic rings. The normalized spacial score (nSPS) is 20.9. The molecule has 0 radical (unpaired) electrons. The minimum absolute atomic E-state index is 0.151. The Balaban J connectivity index is 2.45. The first-order valence-corrected chi connectivity index (χ1v) is 4.57. The van der Waals surface area contributed by atoms with Gasteiger partial charge in [-0.2, -0.15) is 0 Å². The SMILES string of the molecule is C[C@H](O)C(=O)N(C)C1CCCC1. The molecule has 1 amide bonds. The highest BCUT2D eigenvalue weighted by Gasteiger charge is 2.25. The van der Waals surface area contributed by atoms with Crippen LogP contribution in [0.4, 0.5) is 0 Å². The number of carbonyl (C=O) groups is 1. The minimum Gasteiger partial charge on any atom is -0.384 e. The molecule has 0 heterocycles. The molecular weight excluding hydrogens is 154 g/mol. The molecule has 70 valence electrons. The summed E-state index contributed by atoms with van der Waals surface area (Å²) >= 11 is 0. The highest BCUT2D eigenvalue weighted by atomic mass is 16.3. The van der Waals surface area contributed by atoms with E-state index in [4.69, 9.17) is 5.11 Å². The second-order valence-electron chi connectivity index (χ2n) is 3.56. The Labute approximate surface area is 73.4 Å². The van der Waals surface area contributed by atoms with Gasteiger partial charge in [-0.05, 0) is 19.8 Å². The maximum Gasteiger partial charge on any atom is 0.251 e. The van der Waals surface area contributed by atoms with Crippen LogP contribution in [0.5, 0.6) is 0 Å². The lowest BCUT2D eigenvalue weighted by molar-refractivity contribution is -0.139. The first-order chi connectivity index (χ1) is 5.63. The first kappa shape index (κ1) is 9.52. The Hall–Kier alpha value is -0.570. The number of amides is 1. The molecule has 1 aliphatic rings. The number of likely N-dealkylation sites (N-methyl/N-ethyl adjacent to an activating group) is 1. The summed E-state index contributed by atoms with van der Waals surface area (Å²) in [6, 6.07) is 0.368. The third kappa shape index (κ3) is 1.97. The molecule has 0 aromatic carbocycles. The first-order valence-electron chi connectivity index (χ1n) is 4.57. The Bertz CT molecular complexity index is 162. The van der Waals surface area contributed by atoms with Gasteiger partial charge < -0.3 is 10.0 Å². The molecule has 0 aromatic heterocycles. The molecule has 12 heavy (non-hydrogen) atoms. The van der Waals surface area contributed by atoms with Crippen LogP contribution in [-0.2, 0) is 4.79 Å². The number of hydrogen-bond acceptors (Lipinski definition) is 2. The lowest BCUT2D eigenvalue weighted by Crippen LogP contribution is -2.40. The van der Waals surface area contributed by atoms with Crippen molar-refractivity contribution < 1.29 is 9.90 Å². The quantitative estimate of drug-likeness (QED) is 0.666. The highest BCUT2D eigenvalue weighted by Crippen LogP contribution is 2.22. The molecule has 0 aliphatic heterocycles. The summed E-state index contributed by atoms with van der Waals surface area (Å²) in [5.74, 6) is -0.151. The van der Waals surface area contributed by atoms with Crippen LogP contribution < -0.4 is 0 Å². The molecule has 3 heteroatoms. The van der Waals surface area contributed by atoms with E-state index in [-0.39, 0.29) is 5.91 Å². The molecule has 0 bridgehead atoms. The molecule has 1 N–H and O–H groups in total. The number of aliphatic hydroxyl groups is 1. The lowest BCUT2D eigenvalue weighted by Gasteiger charge is -2.25. The summed E-state index contributed by atoms with van der Waals surface area (Å²) in [6.07, 6.45) is 3.75. The van der Waals surface area contributed by atoms with Crippen molar-refractivity contribution in [3.05, 3.63) is 0 Å². The number of aliphatic hydroxyl groups excluding tert-OH is 1. The summed E-state index contributed by atoms with van der Waals surface area (Å²) in [4.78, 5) is 13.0. The molecule has 0 spiro atoms. The van der Waals surface area contributed by atoms with Crippen molar-refractivity contribution in [3.8, 4) is 0 Å². The fourth-order valence-electron chi connectivity index (χ4n) is 1.77. The van der Waals surface area contributed by atoms with E-state index in [9.17, 15) is 4.79 Å². The largest absolute Gasteiger partial charge is 0.384 e. The monoisotopic (exact) mass is 171 g/mol. The zero-order chi connectivity index (χ0) is 9.14. The van der Waals surface area contributed by atoms with Gasteiger partial charge in [0.1, 0.15) is 6.10 Å². The van der Waals surface area contributed by atoms with Crippen molar-refractivity contribution in [2.75, 3.05) is 7.05 Å². The topological polar surface area (TPSA) is 40.5 Å². The third-order valence-corrected chi connectivity index (χ3v) is 2.58. The van der Waals surface area contributed by atoms with Gasteiger partial charge in [-0.15, -0.1) is 0 Å². The van der Waals surface area contributed by atoms with Crippen LogP contribution in [0.2, 0.25) is 0 Å². The van der Waals surface area contributed by atoms with Crippen LogP contribution in [-0.4, -0.2) is 35.1 Å². The van der Waals surface area contributed by atoms with Gasteiger partial charge in [0.25, 0.3) is 5.91 Å². The average molecular weight is 171 g/mol. The van der Waals surface area contributed by atoms with Crippen LogP contribution in [0.15, 0.2) is 0 Å². The van der Waals surface area contributed by atoms with E-state index in [0.29, 0.717) is 6.04 Å². The molecule has 1 rings (SSSR count). The van der Waals surface area contributed by atoms with Crippen molar-refractivity contribution in [2.24, 2.45) is 0 Å². The van der Waals surface area contributed by atoms with E-state index in [1.165, 1.54) is 19.8 Å². The van der Waals surface area contributed by atoms with E-state index < -0.39 is 6.10 Å². The summed E-state index contributed by atoms with van der Waals surface area (Å²) in [5, 5.41) is 9.06. The third-order valence-electron chi connectivity index (χ3n) is 2.58. The van der Waals surface area contributed by atoms with Gasteiger partial charge in [-0.3, -0.25) is 4.79 Å². The van der Waals surface area contributed by atoms with Gasteiger partial charge in [0.05, 0.1) is 0 Å². The summed E-state index contributed by atoms with van der Waals surface area (Å²) in [5.41, 5.74) is 0. The van der Waals surface area contributed by atoms with Crippen LogP contribution >= 0.6 is 0 Å². The standard InChI is InChI=1S/C9H17NO2/c1-7(11)9(12)10(2)8-5-3-4-6-8/h7-8,11H,3-6H2,1-2H3/t7-/m0/s1. The van der Waals surface area contributed by atoms with Crippen molar-refractivity contribution in [1.29, 1.82) is 0 Å². The highest BCUT2D eigenvalue weighted by molar-refractivity contribution is 5.80. The van der Waals surface area contributed by atoms with Gasteiger partial charge in [0, 0.05) is 13.1 Å².